The second-order valence-electron chi connectivity index (χ2n) is 4.93. The number of aryl methyl sites for hydroxylation is 1. The number of benzene rings is 1. The molecule has 0 aliphatic rings. The van der Waals surface area contributed by atoms with Gasteiger partial charge in [0.2, 0.25) is 10.0 Å². The van der Waals surface area contributed by atoms with Crippen LogP contribution in [0, 0.1) is 5.82 Å². The minimum absolute atomic E-state index is 0.00489. The number of para-hydroxylation sites is 1. The van der Waals surface area contributed by atoms with Gasteiger partial charge < -0.3 is 9.30 Å². The van der Waals surface area contributed by atoms with E-state index in [9.17, 15) is 22.4 Å². The molecule has 0 fully saturated rings. The van der Waals surface area contributed by atoms with Crippen LogP contribution < -0.4 is 20.7 Å². The average molecular weight is 357 g/mol. The molecule has 2 aromatic rings. The Bertz CT molecular complexity index is 965. The van der Waals surface area contributed by atoms with Crippen molar-refractivity contribution in [2.75, 3.05) is 13.2 Å². The van der Waals surface area contributed by atoms with Crippen LogP contribution in [0.15, 0.2) is 44.9 Å². The minimum Gasteiger partial charge on any atom is -0.489 e. The van der Waals surface area contributed by atoms with E-state index in [0.29, 0.717) is 4.57 Å². The predicted octanol–water partition coefficient (Wildman–Crippen LogP) is -0.420. The Morgan fingerprint density at radius 3 is 2.54 bits per heavy atom. The number of nitrogens with zero attached hydrogens (tertiary/aromatic N) is 2. The van der Waals surface area contributed by atoms with Crippen molar-refractivity contribution in [2.24, 2.45) is 14.1 Å². The molecule has 0 aliphatic carbocycles. The fraction of sp³-hybridized carbons (Fsp3) is 0.286. The van der Waals surface area contributed by atoms with Gasteiger partial charge in [0.1, 0.15) is 6.61 Å². The van der Waals surface area contributed by atoms with Gasteiger partial charge in [-0.3, -0.25) is 9.36 Å². The molecule has 0 atom stereocenters. The Labute approximate surface area is 137 Å². The second-order valence-corrected chi connectivity index (χ2v) is 6.66. The molecule has 130 valence electrons. The van der Waals surface area contributed by atoms with Crippen molar-refractivity contribution in [1.29, 1.82) is 0 Å². The summed E-state index contributed by atoms with van der Waals surface area (Å²) >= 11 is 0. The summed E-state index contributed by atoms with van der Waals surface area (Å²) < 4.78 is 46.7. The van der Waals surface area contributed by atoms with E-state index >= 15 is 0 Å². The van der Waals surface area contributed by atoms with E-state index in [1.807, 2.05) is 0 Å². The van der Waals surface area contributed by atoms with Gasteiger partial charge in [0.05, 0.1) is 0 Å². The van der Waals surface area contributed by atoms with Crippen LogP contribution in [-0.2, 0) is 24.1 Å². The van der Waals surface area contributed by atoms with Crippen molar-refractivity contribution < 1.29 is 17.5 Å². The molecule has 1 aromatic carbocycles. The van der Waals surface area contributed by atoms with Gasteiger partial charge in [-0.05, 0) is 12.1 Å². The lowest BCUT2D eigenvalue weighted by Gasteiger charge is -2.10. The molecule has 0 spiro atoms. The highest BCUT2D eigenvalue weighted by Gasteiger charge is 2.20. The van der Waals surface area contributed by atoms with E-state index in [0.717, 1.165) is 10.8 Å². The zero-order valence-electron chi connectivity index (χ0n) is 13.0. The summed E-state index contributed by atoms with van der Waals surface area (Å²) in [6.45, 7) is -0.311. The highest BCUT2D eigenvalue weighted by Crippen LogP contribution is 2.14. The van der Waals surface area contributed by atoms with Crippen molar-refractivity contribution in [3.05, 3.63) is 57.1 Å². The van der Waals surface area contributed by atoms with Gasteiger partial charge >= 0.3 is 5.69 Å². The third-order valence-corrected chi connectivity index (χ3v) is 4.64. The molecule has 0 bridgehead atoms. The van der Waals surface area contributed by atoms with E-state index in [1.54, 1.807) is 6.07 Å². The predicted molar refractivity (Wildman–Crippen MR) is 84.0 cm³/mol. The maximum absolute atomic E-state index is 13.4. The first kappa shape index (κ1) is 17.9. The lowest BCUT2D eigenvalue weighted by Crippen LogP contribution is -2.42. The van der Waals surface area contributed by atoms with Crippen LogP contribution in [0.4, 0.5) is 4.39 Å². The molecule has 1 N–H and O–H groups in total. The number of hydrogen-bond acceptors (Lipinski definition) is 5. The standard InChI is InChI=1S/C14H16FN3O5S/c1-17-9-12(13(19)18(2)14(17)20)24(21,22)16-7-8-23-11-6-4-3-5-10(11)15/h3-6,9,16H,7-8H2,1-2H3. The number of nitrogens with one attached hydrogen (secondary N) is 1. The largest absolute Gasteiger partial charge is 0.489 e. The van der Waals surface area contributed by atoms with Gasteiger partial charge in [-0.2, -0.15) is 0 Å². The number of sulfonamides is 1. The summed E-state index contributed by atoms with van der Waals surface area (Å²) in [7, 11) is -1.61. The molecule has 0 aliphatic heterocycles. The molecule has 1 heterocycles. The molecular formula is C14H16FN3O5S. The van der Waals surface area contributed by atoms with E-state index in [1.165, 1.54) is 32.3 Å². The van der Waals surface area contributed by atoms with E-state index < -0.39 is 32.0 Å². The molecular weight excluding hydrogens is 341 g/mol. The Kier molecular flexibility index (Phi) is 5.20. The highest BCUT2D eigenvalue weighted by atomic mass is 32.2. The first-order chi connectivity index (χ1) is 11.2. The third-order valence-electron chi connectivity index (χ3n) is 3.19. The van der Waals surface area contributed by atoms with E-state index in [4.69, 9.17) is 4.74 Å². The smallest absolute Gasteiger partial charge is 0.330 e. The molecule has 10 heteroatoms. The van der Waals surface area contributed by atoms with E-state index in [2.05, 4.69) is 4.72 Å². The topological polar surface area (TPSA) is 99.4 Å². The van der Waals surface area contributed by atoms with Gasteiger partial charge in [-0.1, -0.05) is 12.1 Å². The normalized spacial score (nSPS) is 11.5. The summed E-state index contributed by atoms with van der Waals surface area (Å²) in [4.78, 5) is 23.0. The second kappa shape index (κ2) is 6.97. The highest BCUT2D eigenvalue weighted by molar-refractivity contribution is 7.89. The molecule has 0 radical (unpaired) electrons. The summed E-state index contributed by atoms with van der Waals surface area (Å²) in [6, 6.07) is 5.71. The maximum Gasteiger partial charge on any atom is 0.330 e. The lowest BCUT2D eigenvalue weighted by molar-refractivity contribution is 0.306. The van der Waals surface area contributed by atoms with Crippen LogP contribution in [-0.4, -0.2) is 30.7 Å². The number of aromatic nitrogens is 2. The summed E-state index contributed by atoms with van der Waals surface area (Å²) in [6.07, 6.45) is 0.949. The first-order valence-corrected chi connectivity index (χ1v) is 8.36. The number of halogens is 1. The Morgan fingerprint density at radius 2 is 1.88 bits per heavy atom. The zero-order valence-corrected chi connectivity index (χ0v) is 13.8. The first-order valence-electron chi connectivity index (χ1n) is 6.87. The third kappa shape index (κ3) is 3.71. The Hall–Kier alpha value is -2.46. The van der Waals surface area contributed by atoms with E-state index in [-0.39, 0.29) is 18.9 Å². The van der Waals surface area contributed by atoms with Crippen molar-refractivity contribution in [3.63, 3.8) is 0 Å². The summed E-state index contributed by atoms with van der Waals surface area (Å²) in [5.41, 5.74) is -1.57. The number of hydrogen-bond donors (Lipinski definition) is 1. The van der Waals surface area contributed by atoms with Gasteiger partial charge in [-0.15, -0.1) is 0 Å². The monoisotopic (exact) mass is 357 g/mol. The Morgan fingerprint density at radius 1 is 1.21 bits per heavy atom. The minimum atomic E-state index is -4.13. The molecule has 8 nitrogen and oxygen atoms in total. The number of ether oxygens (including phenoxy) is 1. The van der Waals surface area contributed by atoms with Gasteiger partial charge in [0.25, 0.3) is 5.56 Å². The van der Waals surface area contributed by atoms with Crippen molar-refractivity contribution in [1.82, 2.24) is 13.9 Å². The SMILES string of the molecule is Cn1cc(S(=O)(=O)NCCOc2ccccc2F)c(=O)n(C)c1=O. The van der Waals surface area contributed by atoms with Crippen LogP contribution >= 0.6 is 0 Å². The molecule has 2 rings (SSSR count). The van der Waals surface area contributed by atoms with Crippen LogP contribution in [0.2, 0.25) is 0 Å². The van der Waals surface area contributed by atoms with Crippen LogP contribution in [0.5, 0.6) is 5.75 Å². The maximum atomic E-state index is 13.4. The number of rotatable bonds is 6. The van der Waals surface area contributed by atoms with Crippen LogP contribution in [0.1, 0.15) is 0 Å². The van der Waals surface area contributed by atoms with Gasteiger partial charge in [0.15, 0.2) is 16.5 Å². The zero-order chi connectivity index (χ0) is 17.9. The quantitative estimate of drug-likeness (QED) is 0.708. The molecule has 1 aromatic heterocycles. The lowest BCUT2D eigenvalue weighted by atomic mass is 10.3. The summed E-state index contributed by atoms with van der Waals surface area (Å²) in [5, 5.41) is 0. The fourth-order valence-corrected chi connectivity index (χ4v) is 3.11. The average Bonchev–Trinajstić information content (AvgIpc) is 2.54. The van der Waals surface area contributed by atoms with Crippen LogP contribution in [0.25, 0.3) is 0 Å². The van der Waals surface area contributed by atoms with Crippen molar-refractivity contribution in [2.45, 2.75) is 4.90 Å². The Balaban J connectivity index is 2.09. The molecule has 24 heavy (non-hydrogen) atoms. The molecule has 0 saturated carbocycles. The molecule has 0 unspecified atom stereocenters. The summed E-state index contributed by atoms with van der Waals surface area (Å²) in [5.74, 6) is -0.568. The fourth-order valence-electron chi connectivity index (χ4n) is 1.94. The molecule has 0 saturated heterocycles. The molecule has 0 amide bonds. The van der Waals surface area contributed by atoms with Crippen LogP contribution in [0.3, 0.4) is 0 Å². The van der Waals surface area contributed by atoms with Gasteiger partial charge in [0, 0.05) is 26.8 Å². The van der Waals surface area contributed by atoms with Gasteiger partial charge in [-0.25, -0.2) is 22.3 Å². The van der Waals surface area contributed by atoms with Crippen molar-refractivity contribution in [3.8, 4) is 5.75 Å². The van der Waals surface area contributed by atoms with Crippen molar-refractivity contribution >= 4 is 10.0 Å².